The highest BCUT2D eigenvalue weighted by molar-refractivity contribution is 8.47. The molecule has 0 amide bonds. The molecule has 0 aliphatic carbocycles. The number of ether oxygens (including phenoxy) is 2. The predicted molar refractivity (Wildman–Crippen MR) is 125 cm³/mol. The number of hydrogen-bond donors (Lipinski definition) is 1. The number of methoxy groups -OCH3 is 1. The van der Waals surface area contributed by atoms with Crippen molar-refractivity contribution in [1.82, 2.24) is 0 Å². The van der Waals surface area contributed by atoms with E-state index in [1.54, 1.807) is 0 Å². The molecule has 0 rings (SSSR count). The van der Waals surface area contributed by atoms with Gasteiger partial charge in [0, 0.05) is 13.5 Å². The maximum Gasteiger partial charge on any atom is 0.616 e. The number of hydrogen-bond acceptors (Lipinski definition) is 7. The van der Waals surface area contributed by atoms with Crippen LogP contribution < -0.4 is 0 Å². The van der Waals surface area contributed by atoms with E-state index in [2.05, 4.69) is 19.1 Å². The van der Waals surface area contributed by atoms with Crippen LogP contribution in [-0.4, -0.2) is 36.9 Å². The molecule has 0 spiro atoms. The van der Waals surface area contributed by atoms with E-state index in [1.165, 1.54) is 64.9 Å². The van der Waals surface area contributed by atoms with E-state index in [4.69, 9.17) is 18.6 Å². The molecule has 0 aliphatic rings. The normalized spacial score (nSPS) is 13.0. The molecule has 0 aromatic carbocycles. The first-order chi connectivity index (χ1) is 14.6. The van der Waals surface area contributed by atoms with E-state index >= 15 is 0 Å². The van der Waals surface area contributed by atoms with E-state index < -0.39 is 13.3 Å². The minimum absolute atomic E-state index is 0.0000509. The maximum absolute atomic E-state index is 11.8. The number of rotatable bonds is 22. The standard InChI is InChI=1S/C22H41O6PS/c1-3-4-5-6-7-8-9-10-11-12-13-14-15-16-17-18-22(23)27-19-21(26-2)20-28-29(24)30-25/h10-11,21H,3-9,12-20H2,1-2H3/p+1/b11-10-. The minimum Gasteiger partial charge on any atom is -0.463 e. The summed E-state index contributed by atoms with van der Waals surface area (Å²) < 4.78 is 34.7. The molecule has 2 atom stereocenters. The Morgan fingerprint density at radius 2 is 1.50 bits per heavy atom. The fraction of sp³-hybridized carbons (Fsp3) is 0.864. The lowest BCUT2D eigenvalue weighted by Gasteiger charge is -2.12. The average molecular weight is 466 g/mol. The summed E-state index contributed by atoms with van der Waals surface area (Å²) in [7, 11) is -0.708. The topological polar surface area (TPSA) is 82.1 Å². The summed E-state index contributed by atoms with van der Waals surface area (Å²) >= 11 is 0.149. The zero-order chi connectivity index (χ0) is 22.3. The second kappa shape index (κ2) is 23.2. The molecule has 0 saturated carbocycles. The van der Waals surface area contributed by atoms with Gasteiger partial charge >= 0.3 is 24.9 Å². The maximum atomic E-state index is 11.8. The fourth-order valence-electron chi connectivity index (χ4n) is 2.95. The van der Waals surface area contributed by atoms with Crippen molar-refractivity contribution < 1.29 is 27.9 Å². The molecule has 0 aliphatic heterocycles. The molecule has 6 nitrogen and oxygen atoms in total. The number of unbranched alkanes of at least 4 members (excludes halogenated alkanes) is 11. The van der Waals surface area contributed by atoms with Gasteiger partial charge in [-0.2, -0.15) is 0 Å². The zero-order valence-corrected chi connectivity index (χ0v) is 20.6. The highest BCUT2D eigenvalue weighted by atomic mass is 32.7. The van der Waals surface area contributed by atoms with E-state index in [0.717, 1.165) is 25.7 Å². The molecule has 1 N–H and O–H groups in total. The van der Waals surface area contributed by atoms with Gasteiger partial charge in [0.05, 0.1) is 0 Å². The average Bonchev–Trinajstić information content (AvgIpc) is 2.76. The van der Waals surface area contributed by atoms with Crippen LogP contribution in [0, 0.1) is 0 Å². The SMILES string of the molecule is CCCCCCCC/C=C\CCCCCCCC(=O)OCC(CO[P+](=O)SO)OC. The second-order valence-corrected chi connectivity index (χ2v) is 9.73. The first kappa shape index (κ1) is 29.5. The molecular formula is C22H42O6PS+. The molecule has 0 fully saturated rings. The van der Waals surface area contributed by atoms with Gasteiger partial charge in [0.2, 0.25) is 0 Å². The molecule has 8 heteroatoms. The Bertz CT molecular complexity index is 447. The molecule has 176 valence electrons. The lowest BCUT2D eigenvalue weighted by molar-refractivity contribution is -0.148. The van der Waals surface area contributed by atoms with Gasteiger partial charge in [-0.15, -0.1) is 4.52 Å². The van der Waals surface area contributed by atoms with Crippen LogP contribution in [0.1, 0.15) is 96.8 Å². The first-order valence-electron chi connectivity index (χ1n) is 11.4. The quantitative estimate of drug-likeness (QED) is 0.0584. The number of allylic oxidation sites excluding steroid dienone is 2. The van der Waals surface area contributed by atoms with Crippen LogP contribution in [0.2, 0.25) is 0 Å². The Morgan fingerprint density at radius 3 is 2.07 bits per heavy atom. The van der Waals surface area contributed by atoms with E-state index in [0.29, 0.717) is 6.42 Å². The smallest absolute Gasteiger partial charge is 0.463 e. The molecule has 2 unspecified atom stereocenters. The van der Waals surface area contributed by atoms with Crippen LogP contribution in [-0.2, 0) is 23.4 Å². The van der Waals surface area contributed by atoms with Crippen molar-refractivity contribution in [2.45, 2.75) is 103 Å². The lowest BCUT2D eigenvalue weighted by Crippen LogP contribution is -2.25. The number of carbonyl (C=O) groups is 1. The summed E-state index contributed by atoms with van der Waals surface area (Å²) in [4.78, 5) is 11.8. The Morgan fingerprint density at radius 1 is 0.933 bits per heavy atom. The number of esters is 1. The van der Waals surface area contributed by atoms with Crippen LogP contribution in [0.15, 0.2) is 12.2 Å². The Kier molecular flexibility index (Phi) is 22.9. The van der Waals surface area contributed by atoms with Crippen molar-refractivity contribution in [3.63, 3.8) is 0 Å². The van der Waals surface area contributed by atoms with Gasteiger partial charge in [0.25, 0.3) is 0 Å². The fourth-order valence-corrected chi connectivity index (χ4v) is 3.61. The highest BCUT2D eigenvalue weighted by Gasteiger charge is 2.23. The molecule has 0 bridgehead atoms. The van der Waals surface area contributed by atoms with E-state index in [1.807, 2.05) is 0 Å². The third-order valence-electron chi connectivity index (χ3n) is 4.84. The summed E-state index contributed by atoms with van der Waals surface area (Å²) in [5.41, 5.74) is 0. The summed E-state index contributed by atoms with van der Waals surface area (Å²) in [5.74, 6) is -0.254. The van der Waals surface area contributed by atoms with Crippen molar-refractivity contribution in [2.75, 3.05) is 20.3 Å². The third-order valence-corrected chi connectivity index (χ3v) is 6.05. The Hall–Kier alpha value is -0.460. The molecule has 0 heterocycles. The largest absolute Gasteiger partial charge is 0.616 e. The van der Waals surface area contributed by atoms with Gasteiger partial charge in [-0.25, -0.2) is 0 Å². The molecule has 0 aromatic rings. The summed E-state index contributed by atoms with van der Waals surface area (Å²) in [6, 6.07) is 0. The lowest BCUT2D eigenvalue weighted by atomic mass is 10.1. The van der Waals surface area contributed by atoms with Gasteiger partial charge in [-0.1, -0.05) is 70.4 Å². The van der Waals surface area contributed by atoms with Crippen molar-refractivity contribution >= 4 is 24.9 Å². The number of carbonyl (C=O) groups excluding carboxylic acids is 1. The molecule has 0 radical (unpaired) electrons. The van der Waals surface area contributed by atoms with E-state index in [-0.39, 0.29) is 30.8 Å². The van der Waals surface area contributed by atoms with Gasteiger partial charge in [-0.3, -0.25) is 9.35 Å². The monoisotopic (exact) mass is 465 g/mol. The van der Waals surface area contributed by atoms with Gasteiger partial charge in [0.15, 0.2) is 0 Å². The Labute approximate surface area is 188 Å². The van der Waals surface area contributed by atoms with Crippen LogP contribution in [0.3, 0.4) is 0 Å². The van der Waals surface area contributed by atoms with Crippen molar-refractivity contribution in [2.24, 2.45) is 0 Å². The van der Waals surface area contributed by atoms with Crippen LogP contribution in [0.4, 0.5) is 0 Å². The first-order valence-corrected chi connectivity index (χ1v) is 13.9. The van der Waals surface area contributed by atoms with Crippen molar-refractivity contribution in [1.29, 1.82) is 0 Å². The molecule has 0 aromatic heterocycles. The third kappa shape index (κ3) is 20.8. The summed E-state index contributed by atoms with van der Waals surface area (Å²) in [5, 5.41) is 0. The summed E-state index contributed by atoms with van der Waals surface area (Å²) in [6.07, 6.45) is 20.4. The van der Waals surface area contributed by atoms with Gasteiger partial charge < -0.3 is 9.47 Å². The highest BCUT2D eigenvalue weighted by Crippen LogP contribution is 2.35. The van der Waals surface area contributed by atoms with Gasteiger partial charge in [-0.05, 0) is 36.7 Å². The van der Waals surface area contributed by atoms with Gasteiger partial charge in [0.1, 0.15) is 19.3 Å². The minimum atomic E-state index is -2.17. The van der Waals surface area contributed by atoms with Crippen LogP contribution in [0.25, 0.3) is 0 Å². The zero-order valence-electron chi connectivity index (χ0n) is 18.9. The predicted octanol–water partition coefficient (Wildman–Crippen LogP) is 7.46. The van der Waals surface area contributed by atoms with Crippen molar-refractivity contribution in [3.05, 3.63) is 12.2 Å². The Balaban J connectivity index is 3.45. The second-order valence-electron chi connectivity index (χ2n) is 7.48. The molecule has 30 heavy (non-hydrogen) atoms. The molecular weight excluding hydrogens is 423 g/mol. The van der Waals surface area contributed by atoms with E-state index in [9.17, 15) is 9.36 Å². The summed E-state index contributed by atoms with van der Waals surface area (Å²) in [6.45, 7) is 2.31. The molecule has 0 saturated heterocycles. The van der Waals surface area contributed by atoms with Crippen LogP contribution >= 0.6 is 18.9 Å². The van der Waals surface area contributed by atoms with Crippen molar-refractivity contribution in [3.8, 4) is 0 Å². The van der Waals surface area contributed by atoms with Crippen LogP contribution in [0.5, 0.6) is 0 Å².